The van der Waals surface area contributed by atoms with E-state index in [1.165, 1.54) is 19.1 Å². The van der Waals surface area contributed by atoms with Gasteiger partial charge in [-0.3, -0.25) is 19.7 Å². The predicted octanol–water partition coefficient (Wildman–Crippen LogP) is -0.0384. The predicted molar refractivity (Wildman–Crippen MR) is 70.5 cm³/mol. The minimum atomic E-state index is -1.45. The summed E-state index contributed by atoms with van der Waals surface area (Å²) in [5.41, 5.74) is 5.05. The van der Waals surface area contributed by atoms with E-state index in [-0.39, 0.29) is 16.8 Å². The summed E-state index contributed by atoms with van der Waals surface area (Å²) < 4.78 is 0. The van der Waals surface area contributed by atoms with Crippen LogP contribution in [0.3, 0.4) is 0 Å². The number of hydrogen-bond acceptors (Lipinski definition) is 5. The van der Waals surface area contributed by atoms with Gasteiger partial charge in [-0.15, -0.1) is 0 Å². The number of rotatable bonds is 6. The monoisotopic (exact) mass is 295 g/mol. The van der Waals surface area contributed by atoms with Crippen LogP contribution in [0.5, 0.6) is 0 Å². The van der Waals surface area contributed by atoms with Crippen LogP contribution in [0.25, 0.3) is 0 Å². The summed E-state index contributed by atoms with van der Waals surface area (Å²) in [6.45, 7) is 1.45. The molecule has 0 heterocycles. The van der Waals surface area contributed by atoms with Crippen molar-refractivity contribution in [2.75, 3.05) is 0 Å². The minimum Gasteiger partial charge on any atom is -0.480 e. The molecule has 9 heteroatoms. The average Bonchev–Trinajstić information content (AvgIpc) is 2.36. The van der Waals surface area contributed by atoms with E-state index in [9.17, 15) is 24.5 Å². The second-order valence-electron chi connectivity index (χ2n) is 4.29. The Morgan fingerprint density at radius 3 is 2.48 bits per heavy atom. The van der Waals surface area contributed by atoms with Crippen molar-refractivity contribution in [3.8, 4) is 0 Å². The van der Waals surface area contributed by atoms with Crippen molar-refractivity contribution in [1.82, 2.24) is 5.32 Å². The largest absolute Gasteiger partial charge is 0.480 e. The molecule has 0 radical (unpaired) electrons. The molecule has 1 aromatic carbocycles. The molecular formula is C12H13N3O6. The second-order valence-corrected chi connectivity index (χ2v) is 4.29. The number of nitro benzene ring substituents is 1. The minimum absolute atomic E-state index is 0.0498. The van der Waals surface area contributed by atoms with Gasteiger partial charge in [0, 0.05) is 17.2 Å². The van der Waals surface area contributed by atoms with Crippen LogP contribution in [0.2, 0.25) is 0 Å². The Morgan fingerprint density at radius 1 is 1.43 bits per heavy atom. The standard InChI is InChI=1S/C12H13N3O6/c1-6-4-7(2-3-9(6)15(20)21)11(17)14-8(12(18)19)5-10(13)16/h2-4,8H,5H2,1H3,(H2,13,16)(H,14,17)(H,18,19)/t8-/m1/s1. The molecule has 0 unspecified atom stereocenters. The zero-order valence-electron chi connectivity index (χ0n) is 11.0. The van der Waals surface area contributed by atoms with Crippen molar-refractivity contribution in [3.05, 3.63) is 39.4 Å². The maximum absolute atomic E-state index is 11.9. The van der Waals surface area contributed by atoms with Gasteiger partial charge in [0.15, 0.2) is 0 Å². The van der Waals surface area contributed by atoms with Gasteiger partial charge in [-0.25, -0.2) is 4.79 Å². The van der Waals surface area contributed by atoms with Crippen LogP contribution < -0.4 is 11.1 Å². The third kappa shape index (κ3) is 4.27. The zero-order chi connectivity index (χ0) is 16.2. The number of aryl methyl sites for hydroxylation is 1. The molecule has 1 aromatic rings. The Balaban J connectivity index is 2.93. The smallest absolute Gasteiger partial charge is 0.326 e. The van der Waals surface area contributed by atoms with E-state index in [0.717, 1.165) is 6.07 Å². The van der Waals surface area contributed by atoms with Crippen LogP contribution in [-0.2, 0) is 9.59 Å². The number of nitro groups is 1. The first kappa shape index (κ1) is 16.1. The van der Waals surface area contributed by atoms with Crippen molar-refractivity contribution in [2.45, 2.75) is 19.4 Å². The third-order valence-corrected chi connectivity index (χ3v) is 2.66. The highest BCUT2D eigenvalue weighted by atomic mass is 16.6. The first-order valence-corrected chi connectivity index (χ1v) is 5.79. The van der Waals surface area contributed by atoms with Crippen molar-refractivity contribution in [2.24, 2.45) is 5.73 Å². The Labute approximate surface area is 118 Å². The molecule has 9 nitrogen and oxygen atoms in total. The van der Waals surface area contributed by atoms with E-state index < -0.39 is 35.2 Å². The van der Waals surface area contributed by atoms with Crippen LogP contribution in [0, 0.1) is 17.0 Å². The molecule has 0 saturated carbocycles. The second kappa shape index (κ2) is 6.46. The van der Waals surface area contributed by atoms with Crippen molar-refractivity contribution >= 4 is 23.5 Å². The topological polar surface area (TPSA) is 153 Å². The lowest BCUT2D eigenvalue weighted by Crippen LogP contribution is -2.43. The van der Waals surface area contributed by atoms with Gasteiger partial charge in [0.1, 0.15) is 6.04 Å². The fourth-order valence-electron chi connectivity index (χ4n) is 1.64. The SMILES string of the molecule is Cc1cc(C(=O)N[C@H](CC(N)=O)C(=O)O)ccc1[N+](=O)[O-]. The van der Waals surface area contributed by atoms with Gasteiger partial charge in [-0.1, -0.05) is 0 Å². The summed E-state index contributed by atoms with van der Waals surface area (Å²) in [7, 11) is 0. The Hall–Kier alpha value is -2.97. The van der Waals surface area contributed by atoms with Crippen molar-refractivity contribution in [1.29, 1.82) is 0 Å². The third-order valence-electron chi connectivity index (χ3n) is 2.66. The number of carbonyl (C=O) groups is 3. The Morgan fingerprint density at radius 2 is 2.05 bits per heavy atom. The molecule has 0 saturated heterocycles. The van der Waals surface area contributed by atoms with Gasteiger partial charge in [-0.05, 0) is 19.1 Å². The molecular weight excluding hydrogens is 282 g/mol. The maximum Gasteiger partial charge on any atom is 0.326 e. The molecule has 112 valence electrons. The summed E-state index contributed by atoms with van der Waals surface area (Å²) in [6, 6.07) is 2.15. The normalized spacial score (nSPS) is 11.5. The number of carboxylic acid groups (broad SMARTS) is 1. The van der Waals surface area contributed by atoms with Crippen LogP contribution in [-0.4, -0.2) is 33.9 Å². The fraction of sp³-hybridized carbons (Fsp3) is 0.250. The number of nitrogens with zero attached hydrogens (tertiary/aromatic N) is 1. The van der Waals surface area contributed by atoms with Gasteiger partial charge < -0.3 is 16.2 Å². The molecule has 4 N–H and O–H groups in total. The fourth-order valence-corrected chi connectivity index (χ4v) is 1.64. The van der Waals surface area contributed by atoms with E-state index >= 15 is 0 Å². The highest BCUT2D eigenvalue weighted by molar-refractivity contribution is 5.98. The number of carboxylic acids is 1. The van der Waals surface area contributed by atoms with Gasteiger partial charge >= 0.3 is 5.97 Å². The molecule has 0 bridgehead atoms. The van der Waals surface area contributed by atoms with Gasteiger partial charge in [0.2, 0.25) is 5.91 Å². The first-order chi connectivity index (χ1) is 9.72. The van der Waals surface area contributed by atoms with E-state index in [1.807, 2.05) is 0 Å². The quantitative estimate of drug-likeness (QED) is 0.494. The average molecular weight is 295 g/mol. The van der Waals surface area contributed by atoms with Gasteiger partial charge in [0.25, 0.3) is 11.6 Å². The number of nitrogens with one attached hydrogen (secondary N) is 1. The van der Waals surface area contributed by atoms with Gasteiger partial charge in [-0.2, -0.15) is 0 Å². The number of carbonyl (C=O) groups excluding carboxylic acids is 2. The first-order valence-electron chi connectivity index (χ1n) is 5.79. The van der Waals surface area contributed by atoms with Crippen molar-refractivity contribution < 1.29 is 24.4 Å². The van der Waals surface area contributed by atoms with Gasteiger partial charge in [0.05, 0.1) is 11.3 Å². The molecule has 0 spiro atoms. The Bertz CT molecular complexity index is 613. The van der Waals surface area contributed by atoms with Crippen LogP contribution in [0.15, 0.2) is 18.2 Å². The Kier molecular flexibility index (Phi) is 4.95. The molecule has 0 aromatic heterocycles. The summed E-state index contributed by atoms with van der Waals surface area (Å²) in [5.74, 6) is -3.04. The molecule has 0 fully saturated rings. The number of hydrogen-bond donors (Lipinski definition) is 3. The summed E-state index contributed by atoms with van der Waals surface area (Å²) in [4.78, 5) is 43.6. The lowest BCUT2D eigenvalue weighted by atomic mass is 10.1. The summed E-state index contributed by atoms with van der Waals surface area (Å²) >= 11 is 0. The van der Waals surface area contributed by atoms with Crippen LogP contribution in [0.4, 0.5) is 5.69 Å². The number of primary amides is 1. The van der Waals surface area contributed by atoms with E-state index in [4.69, 9.17) is 10.8 Å². The number of nitrogens with two attached hydrogens (primary N) is 1. The maximum atomic E-state index is 11.9. The molecule has 21 heavy (non-hydrogen) atoms. The molecule has 1 rings (SSSR count). The molecule has 0 aliphatic rings. The highest BCUT2D eigenvalue weighted by Crippen LogP contribution is 2.18. The number of amides is 2. The molecule has 2 amide bonds. The number of aliphatic carboxylic acids is 1. The lowest BCUT2D eigenvalue weighted by molar-refractivity contribution is -0.385. The van der Waals surface area contributed by atoms with Crippen LogP contribution >= 0.6 is 0 Å². The number of benzene rings is 1. The van der Waals surface area contributed by atoms with E-state index in [0.29, 0.717) is 0 Å². The molecule has 1 atom stereocenters. The molecule has 0 aliphatic heterocycles. The highest BCUT2D eigenvalue weighted by Gasteiger charge is 2.23. The molecule has 0 aliphatic carbocycles. The van der Waals surface area contributed by atoms with E-state index in [1.54, 1.807) is 0 Å². The summed E-state index contributed by atoms with van der Waals surface area (Å²) in [6.07, 6.45) is -0.549. The zero-order valence-corrected chi connectivity index (χ0v) is 11.0. The van der Waals surface area contributed by atoms with E-state index in [2.05, 4.69) is 5.32 Å². The lowest BCUT2D eigenvalue weighted by Gasteiger charge is -2.13. The van der Waals surface area contributed by atoms with Crippen LogP contribution in [0.1, 0.15) is 22.3 Å². The summed E-state index contributed by atoms with van der Waals surface area (Å²) in [5, 5.41) is 21.7. The van der Waals surface area contributed by atoms with Crippen molar-refractivity contribution in [3.63, 3.8) is 0 Å².